The monoisotopic (exact) mass is 237 g/mol. The SMILES string of the molecule is CNC(C)c1nnc(-c2ccc(=O)[nH]n2)s1. The molecule has 0 aliphatic carbocycles. The highest BCUT2D eigenvalue weighted by atomic mass is 32.1. The average Bonchev–Trinajstić information content (AvgIpc) is 2.78. The Kier molecular flexibility index (Phi) is 3.07. The molecule has 0 radical (unpaired) electrons. The highest BCUT2D eigenvalue weighted by molar-refractivity contribution is 7.14. The van der Waals surface area contributed by atoms with E-state index in [1.54, 1.807) is 6.07 Å². The summed E-state index contributed by atoms with van der Waals surface area (Å²) in [6.45, 7) is 2.00. The molecule has 6 nitrogen and oxygen atoms in total. The Morgan fingerprint density at radius 3 is 2.88 bits per heavy atom. The zero-order chi connectivity index (χ0) is 11.5. The maximum Gasteiger partial charge on any atom is 0.264 e. The molecule has 7 heteroatoms. The molecule has 1 unspecified atom stereocenters. The van der Waals surface area contributed by atoms with E-state index < -0.39 is 0 Å². The summed E-state index contributed by atoms with van der Waals surface area (Å²) in [4.78, 5) is 10.9. The van der Waals surface area contributed by atoms with Crippen LogP contribution < -0.4 is 10.9 Å². The van der Waals surface area contributed by atoms with Crippen LogP contribution in [0, 0.1) is 0 Å². The molecule has 1 atom stereocenters. The minimum Gasteiger partial charge on any atom is -0.311 e. The molecular weight excluding hydrogens is 226 g/mol. The van der Waals surface area contributed by atoms with Crippen LogP contribution in [0.2, 0.25) is 0 Å². The predicted octanol–water partition coefficient (Wildman–Crippen LogP) is 0.569. The third-order valence-electron chi connectivity index (χ3n) is 2.14. The third-order valence-corrected chi connectivity index (χ3v) is 3.27. The molecule has 0 amide bonds. The Bertz CT molecular complexity index is 514. The third kappa shape index (κ3) is 2.15. The van der Waals surface area contributed by atoms with Crippen molar-refractivity contribution in [1.82, 2.24) is 25.7 Å². The van der Waals surface area contributed by atoms with Crippen molar-refractivity contribution in [2.24, 2.45) is 0 Å². The number of H-pyrrole nitrogens is 1. The molecule has 2 aromatic rings. The summed E-state index contributed by atoms with van der Waals surface area (Å²) in [5.74, 6) is 0. The van der Waals surface area contributed by atoms with Gasteiger partial charge in [-0.05, 0) is 20.0 Å². The Balaban J connectivity index is 2.31. The standard InChI is InChI=1S/C9H11N5OS/c1-5(10-2)8-13-14-9(16-8)6-3-4-7(15)12-11-6/h3-5,10H,1-2H3,(H,12,15). The van der Waals surface area contributed by atoms with E-state index in [1.807, 2.05) is 14.0 Å². The number of hydrogen-bond acceptors (Lipinski definition) is 6. The summed E-state index contributed by atoms with van der Waals surface area (Å²) in [5.41, 5.74) is 0.406. The summed E-state index contributed by atoms with van der Waals surface area (Å²) in [7, 11) is 1.87. The summed E-state index contributed by atoms with van der Waals surface area (Å²) < 4.78 is 0. The maximum atomic E-state index is 10.9. The van der Waals surface area contributed by atoms with Crippen LogP contribution in [0.1, 0.15) is 18.0 Å². The Labute approximate surface area is 95.8 Å². The number of nitrogens with one attached hydrogen (secondary N) is 2. The number of rotatable bonds is 3. The highest BCUT2D eigenvalue weighted by Gasteiger charge is 2.11. The molecule has 2 aromatic heterocycles. The Hall–Kier alpha value is -1.60. The quantitative estimate of drug-likeness (QED) is 0.815. The molecule has 0 fully saturated rings. The predicted molar refractivity (Wildman–Crippen MR) is 61.2 cm³/mol. The summed E-state index contributed by atoms with van der Waals surface area (Å²) in [6.07, 6.45) is 0. The van der Waals surface area contributed by atoms with E-state index in [2.05, 4.69) is 25.7 Å². The molecule has 2 N–H and O–H groups in total. The van der Waals surface area contributed by atoms with Gasteiger partial charge in [0.1, 0.15) is 10.7 Å². The van der Waals surface area contributed by atoms with Crippen LogP contribution in [0.25, 0.3) is 10.7 Å². The Morgan fingerprint density at radius 2 is 2.25 bits per heavy atom. The van der Waals surface area contributed by atoms with Gasteiger partial charge in [0.25, 0.3) is 5.56 Å². The first-order chi connectivity index (χ1) is 7.70. The van der Waals surface area contributed by atoms with Gasteiger partial charge in [-0.1, -0.05) is 11.3 Å². The highest BCUT2D eigenvalue weighted by Crippen LogP contribution is 2.23. The van der Waals surface area contributed by atoms with Crippen molar-refractivity contribution in [3.05, 3.63) is 27.5 Å². The van der Waals surface area contributed by atoms with Gasteiger partial charge in [-0.3, -0.25) is 4.79 Å². The fourth-order valence-corrected chi connectivity index (χ4v) is 1.97. The minimum absolute atomic E-state index is 0.161. The first-order valence-electron chi connectivity index (χ1n) is 4.77. The first kappa shape index (κ1) is 10.9. The summed E-state index contributed by atoms with van der Waals surface area (Å²) in [5, 5.41) is 19.0. The van der Waals surface area contributed by atoms with E-state index in [0.29, 0.717) is 10.7 Å². The van der Waals surface area contributed by atoms with Gasteiger partial charge in [0.2, 0.25) is 0 Å². The van der Waals surface area contributed by atoms with E-state index in [4.69, 9.17) is 0 Å². The van der Waals surface area contributed by atoms with Gasteiger partial charge in [-0.2, -0.15) is 5.10 Å². The Morgan fingerprint density at radius 1 is 1.44 bits per heavy atom. The molecule has 0 aromatic carbocycles. The van der Waals surface area contributed by atoms with Gasteiger partial charge in [0, 0.05) is 6.07 Å². The van der Waals surface area contributed by atoms with Crippen LogP contribution in [0.5, 0.6) is 0 Å². The van der Waals surface area contributed by atoms with Crippen LogP contribution in [-0.4, -0.2) is 27.4 Å². The van der Waals surface area contributed by atoms with Crippen LogP contribution in [0.3, 0.4) is 0 Å². The van der Waals surface area contributed by atoms with Crippen molar-refractivity contribution < 1.29 is 0 Å². The fraction of sp³-hybridized carbons (Fsp3) is 0.333. The van der Waals surface area contributed by atoms with Crippen LogP contribution in [-0.2, 0) is 0 Å². The smallest absolute Gasteiger partial charge is 0.264 e. The minimum atomic E-state index is -0.225. The van der Waals surface area contributed by atoms with E-state index in [1.165, 1.54) is 17.4 Å². The van der Waals surface area contributed by atoms with Crippen molar-refractivity contribution in [3.63, 3.8) is 0 Å². The maximum absolute atomic E-state index is 10.9. The van der Waals surface area contributed by atoms with E-state index in [-0.39, 0.29) is 11.6 Å². The van der Waals surface area contributed by atoms with Gasteiger partial charge in [-0.25, -0.2) is 5.10 Å². The summed E-state index contributed by atoms with van der Waals surface area (Å²) in [6, 6.07) is 3.21. The largest absolute Gasteiger partial charge is 0.311 e. The number of hydrogen-bond donors (Lipinski definition) is 2. The number of aromatic nitrogens is 4. The van der Waals surface area contributed by atoms with Crippen molar-refractivity contribution in [1.29, 1.82) is 0 Å². The number of aromatic amines is 1. The number of nitrogens with zero attached hydrogens (tertiary/aromatic N) is 3. The normalized spacial score (nSPS) is 12.6. The second-order valence-electron chi connectivity index (χ2n) is 3.26. The van der Waals surface area contributed by atoms with Gasteiger partial charge < -0.3 is 5.32 Å². The molecular formula is C9H11N5OS. The molecule has 0 saturated heterocycles. The first-order valence-corrected chi connectivity index (χ1v) is 5.59. The summed E-state index contributed by atoms with van der Waals surface area (Å²) >= 11 is 1.46. The van der Waals surface area contributed by atoms with Crippen molar-refractivity contribution in [2.45, 2.75) is 13.0 Å². The van der Waals surface area contributed by atoms with Crippen molar-refractivity contribution in [2.75, 3.05) is 7.05 Å². The van der Waals surface area contributed by atoms with Crippen molar-refractivity contribution in [3.8, 4) is 10.7 Å². The molecule has 84 valence electrons. The molecule has 0 spiro atoms. The van der Waals surface area contributed by atoms with Crippen LogP contribution >= 0.6 is 11.3 Å². The lowest BCUT2D eigenvalue weighted by Crippen LogP contribution is -2.11. The molecule has 2 heterocycles. The van der Waals surface area contributed by atoms with Crippen LogP contribution in [0.4, 0.5) is 0 Å². The molecule has 0 aliphatic rings. The second kappa shape index (κ2) is 4.50. The van der Waals surface area contributed by atoms with Crippen LogP contribution in [0.15, 0.2) is 16.9 Å². The second-order valence-corrected chi connectivity index (χ2v) is 4.27. The average molecular weight is 237 g/mol. The van der Waals surface area contributed by atoms with E-state index in [9.17, 15) is 4.79 Å². The van der Waals surface area contributed by atoms with Gasteiger partial charge in [-0.15, -0.1) is 10.2 Å². The lowest BCUT2D eigenvalue weighted by atomic mass is 10.4. The fourth-order valence-electron chi connectivity index (χ4n) is 1.10. The molecule has 16 heavy (non-hydrogen) atoms. The molecule has 0 bridgehead atoms. The molecule has 0 aliphatic heterocycles. The lowest BCUT2D eigenvalue weighted by Gasteiger charge is -2.02. The molecule has 2 rings (SSSR count). The van der Waals surface area contributed by atoms with Gasteiger partial charge in [0.05, 0.1) is 6.04 Å². The van der Waals surface area contributed by atoms with E-state index in [0.717, 1.165) is 5.01 Å². The van der Waals surface area contributed by atoms with Gasteiger partial charge in [0.15, 0.2) is 5.01 Å². The van der Waals surface area contributed by atoms with Crippen molar-refractivity contribution >= 4 is 11.3 Å². The molecule has 0 saturated carbocycles. The zero-order valence-electron chi connectivity index (χ0n) is 8.89. The van der Waals surface area contributed by atoms with Gasteiger partial charge >= 0.3 is 0 Å². The lowest BCUT2D eigenvalue weighted by molar-refractivity contribution is 0.640. The van der Waals surface area contributed by atoms with E-state index >= 15 is 0 Å². The topological polar surface area (TPSA) is 83.6 Å². The zero-order valence-corrected chi connectivity index (χ0v) is 9.71.